The molecule has 1 N–H and O–H groups in total. The maximum absolute atomic E-state index is 5.43. The van der Waals surface area contributed by atoms with Gasteiger partial charge in [-0.2, -0.15) is 11.8 Å². The van der Waals surface area contributed by atoms with Gasteiger partial charge in [-0.25, -0.2) is 0 Å². The van der Waals surface area contributed by atoms with Crippen LogP contribution in [0, 0.1) is 5.92 Å². The van der Waals surface area contributed by atoms with Crippen molar-refractivity contribution in [2.45, 2.75) is 27.1 Å². The van der Waals surface area contributed by atoms with Crippen LogP contribution in [0.4, 0.5) is 0 Å². The zero-order chi connectivity index (χ0) is 11.5. The molecule has 0 aromatic heterocycles. The van der Waals surface area contributed by atoms with Gasteiger partial charge in [-0.15, -0.1) is 0 Å². The highest BCUT2D eigenvalue weighted by molar-refractivity contribution is 7.98. The summed E-state index contributed by atoms with van der Waals surface area (Å²) in [5.74, 6) is 1.89. The fourth-order valence-corrected chi connectivity index (χ4v) is 2.02. The Balaban J connectivity index is 3.51. The number of thioether (sulfide) groups is 1. The summed E-state index contributed by atoms with van der Waals surface area (Å²) in [6.07, 6.45) is 2.04. The molecule has 0 aliphatic heterocycles. The van der Waals surface area contributed by atoms with E-state index in [4.69, 9.17) is 9.47 Å². The molecule has 0 aliphatic carbocycles. The van der Waals surface area contributed by atoms with Gasteiger partial charge >= 0.3 is 0 Å². The van der Waals surface area contributed by atoms with Crippen LogP contribution in [-0.2, 0) is 9.47 Å². The Morgan fingerprint density at radius 3 is 2.20 bits per heavy atom. The SMILES string of the molecule is CCOC(CNCC(C)CSC)OCC. The van der Waals surface area contributed by atoms with Gasteiger partial charge in [-0.3, -0.25) is 0 Å². The summed E-state index contributed by atoms with van der Waals surface area (Å²) in [5.41, 5.74) is 0. The second-order valence-corrected chi connectivity index (χ2v) is 4.47. The Kier molecular flexibility index (Phi) is 10.9. The van der Waals surface area contributed by atoms with Crippen LogP contribution < -0.4 is 5.32 Å². The number of nitrogens with one attached hydrogen (secondary N) is 1. The molecule has 0 bridgehead atoms. The molecule has 0 saturated carbocycles. The Bertz CT molecular complexity index is 130. The number of ether oxygens (including phenoxy) is 2. The van der Waals surface area contributed by atoms with Gasteiger partial charge < -0.3 is 14.8 Å². The van der Waals surface area contributed by atoms with Gasteiger partial charge in [0, 0.05) is 19.8 Å². The largest absolute Gasteiger partial charge is 0.352 e. The van der Waals surface area contributed by atoms with Crippen molar-refractivity contribution in [3.05, 3.63) is 0 Å². The molecule has 0 saturated heterocycles. The fraction of sp³-hybridized carbons (Fsp3) is 1.00. The zero-order valence-electron chi connectivity index (χ0n) is 10.4. The van der Waals surface area contributed by atoms with E-state index in [1.165, 1.54) is 5.75 Å². The lowest BCUT2D eigenvalue weighted by Gasteiger charge is -2.18. The first kappa shape index (κ1) is 15.2. The Hall–Kier alpha value is 0.230. The van der Waals surface area contributed by atoms with Crippen molar-refractivity contribution in [3.8, 4) is 0 Å². The zero-order valence-corrected chi connectivity index (χ0v) is 11.2. The van der Waals surface area contributed by atoms with Crippen molar-refractivity contribution < 1.29 is 9.47 Å². The average molecular weight is 235 g/mol. The summed E-state index contributed by atoms with van der Waals surface area (Å²) in [4.78, 5) is 0. The Morgan fingerprint density at radius 1 is 1.13 bits per heavy atom. The van der Waals surface area contributed by atoms with E-state index in [9.17, 15) is 0 Å². The van der Waals surface area contributed by atoms with Gasteiger partial charge in [0.2, 0.25) is 0 Å². The van der Waals surface area contributed by atoms with Gasteiger partial charge in [0.15, 0.2) is 6.29 Å². The molecule has 0 radical (unpaired) electrons. The van der Waals surface area contributed by atoms with Crippen LogP contribution in [0.2, 0.25) is 0 Å². The van der Waals surface area contributed by atoms with Gasteiger partial charge in [0.05, 0.1) is 0 Å². The standard InChI is InChI=1S/C11H25NO2S/c1-5-13-11(14-6-2)8-12-7-10(3)9-15-4/h10-12H,5-9H2,1-4H3. The van der Waals surface area contributed by atoms with E-state index in [2.05, 4.69) is 18.5 Å². The molecule has 15 heavy (non-hydrogen) atoms. The Labute approximate surface area is 98.3 Å². The van der Waals surface area contributed by atoms with Crippen LogP contribution in [0.1, 0.15) is 20.8 Å². The van der Waals surface area contributed by atoms with Crippen LogP contribution in [0.5, 0.6) is 0 Å². The summed E-state index contributed by atoms with van der Waals surface area (Å²) >= 11 is 1.89. The molecular weight excluding hydrogens is 210 g/mol. The van der Waals surface area contributed by atoms with E-state index in [1.54, 1.807) is 0 Å². The van der Waals surface area contributed by atoms with E-state index in [-0.39, 0.29) is 6.29 Å². The second kappa shape index (κ2) is 10.7. The molecule has 0 amide bonds. The lowest BCUT2D eigenvalue weighted by atomic mass is 10.2. The smallest absolute Gasteiger partial charge is 0.169 e. The monoisotopic (exact) mass is 235 g/mol. The predicted molar refractivity (Wildman–Crippen MR) is 67.5 cm³/mol. The van der Waals surface area contributed by atoms with Crippen molar-refractivity contribution in [3.63, 3.8) is 0 Å². The molecular formula is C11H25NO2S. The molecule has 0 aliphatic rings. The van der Waals surface area contributed by atoms with Crippen molar-refractivity contribution in [1.29, 1.82) is 0 Å². The molecule has 4 heteroatoms. The first-order valence-electron chi connectivity index (χ1n) is 5.67. The summed E-state index contributed by atoms with van der Waals surface area (Å²) in [5, 5.41) is 3.38. The van der Waals surface area contributed by atoms with E-state index < -0.39 is 0 Å². The molecule has 0 heterocycles. The molecule has 1 unspecified atom stereocenters. The number of hydrogen-bond acceptors (Lipinski definition) is 4. The van der Waals surface area contributed by atoms with Crippen molar-refractivity contribution in [1.82, 2.24) is 5.32 Å². The number of hydrogen-bond donors (Lipinski definition) is 1. The fourth-order valence-electron chi connectivity index (χ4n) is 1.33. The average Bonchev–Trinajstić information content (AvgIpc) is 2.19. The quantitative estimate of drug-likeness (QED) is 0.587. The van der Waals surface area contributed by atoms with Crippen LogP contribution in [0.15, 0.2) is 0 Å². The van der Waals surface area contributed by atoms with Crippen LogP contribution in [0.25, 0.3) is 0 Å². The third kappa shape index (κ3) is 9.18. The van der Waals surface area contributed by atoms with Gasteiger partial charge in [-0.1, -0.05) is 6.92 Å². The normalized spacial score (nSPS) is 13.4. The maximum atomic E-state index is 5.43. The topological polar surface area (TPSA) is 30.5 Å². The molecule has 92 valence electrons. The first-order valence-corrected chi connectivity index (χ1v) is 7.06. The molecule has 0 rings (SSSR count). The maximum Gasteiger partial charge on any atom is 0.169 e. The van der Waals surface area contributed by atoms with Crippen molar-refractivity contribution >= 4 is 11.8 Å². The first-order chi connectivity index (χ1) is 7.24. The summed E-state index contributed by atoms with van der Waals surface area (Å²) in [6, 6.07) is 0. The third-order valence-electron chi connectivity index (χ3n) is 1.96. The predicted octanol–water partition coefficient (Wildman–Crippen LogP) is 1.97. The van der Waals surface area contributed by atoms with Crippen LogP contribution >= 0.6 is 11.8 Å². The van der Waals surface area contributed by atoms with Crippen molar-refractivity contribution in [2.24, 2.45) is 5.92 Å². The molecule has 1 atom stereocenters. The van der Waals surface area contributed by atoms with E-state index in [0.29, 0.717) is 19.1 Å². The highest BCUT2D eigenvalue weighted by Crippen LogP contribution is 2.02. The summed E-state index contributed by atoms with van der Waals surface area (Å²) in [6.45, 7) is 9.43. The Morgan fingerprint density at radius 2 is 1.73 bits per heavy atom. The van der Waals surface area contributed by atoms with Gasteiger partial charge in [0.1, 0.15) is 0 Å². The summed E-state index contributed by atoms with van der Waals surface area (Å²) in [7, 11) is 0. The van der Waals surface area contributed by atoms with Crippen LogP contribution in [-0.4, -0.2) is 44.6 Å². The van der Waals surface area contributed by atoms with Gasteiger partial charge in [-0.05, 0) is 38.3 Å². The highest BCUT2D eigenvalue weighted by atomic mass is 32.2. The van der Waals surface area contributed by atoms with Crippen LogP contribution in [0.3, 0.4) is 0 Å². The lowest BCUT2D eigenvalue weighted by molar-refractivity contribution is -0.132. The third-order valence-corrected chi connectivity index (χ3v) is 2.86. The molecule has 0 spiro atoms. The highest BCUT2D eigenvalue weighted by Gasteiger charge is 2.08. The molecule has 0 aromatic rings. The number of rotatable bonds is 10. The minimum Gasteiger partial charge on any atom is -0.352 e. The van der Waals surface area contributed by atoms with Gasteiger partial charge in [0.25, 0.3) is 0 Å². The lowest BCUT2D eigenvalue weighted by Crippen LogP contribution is -2.34. The van der Waals surface area contributed by atoms with Crippen molar-refractivity contribution in [2.75, 3.05) is 38.3 Å². The molecule has 3 nitrogen and oxygen atoms in total. The van der Waals surface area contributed by atoms with E-state index >= 15 is 0 Å². The molecule has 0 fully saturated rings. The second-order valence-electron chi connectivity index (χ2n) is 3.56. The summed E-state index contributed by atoms with van der Waals surface area (Å²) < 4.78 is 10.9. The minimum atomic E-state index is -0.0959. The minimum absolute atomic E-state index is 0.0959. The molecule has 0 aromatic carbocycles. The van der Waals surface area contributed by atoms with E-state index in [1.807, 2.05) is 25.6 Å². The van der Waals surface area contributed by atoms with E-state index in [0.717, 1.165) is 13.1 Å².